The predicted molar refractivity (Wildman–Crippen MR) is 70.4 cm³/mol. The Morgan fingerprint density at radius 3 is 3.06 bits per heavy atom. The Balaban J connectivity index is 1.88. The third kappa shape index (κ3) is 1.89. The smallest absolute Gasteiger partial charge is 0.0931 e. The number of rotatable bonds is 1. The number of aromatic nitrogens is 2. The number of benzene rings is 1. The predicted octanol–water partition coefficient (Wildman–Crippen LogP) is 1.70. The van der Waals surface area contributed by atoms with Crippen LogP contribution in [0.4, 0.5) is 5.69 Å². The summed E-state index contributed by atoms with van der Waals surface area (Å²) in [6, 6.07) is 7.06. The second kappa shape index (κ2) is 4.04. The summed E-state index contributed by atoms with van der Waals surface area (Å²) >= 11 is 0. The Hall–Kier alpha value is -1.55. The van der Waals surface area contributed by atoms with E-state index in [9.17, 15) is 0 Å². The Bertz CT molecular complexity index is 519. The molecule has 1 aliphatic rings. The monoisotopic (exact) mass is 230 g/mol. The SMILES string of the molecule is C[C@@H]1CN(c2ccc3nc[nH]c3c2)CCN1C. The molecular weight excluding hydrogens is 212 g/mol. The number of fused-ring (bicyclic) bond motifs is 1. The molecule has 0 radical (unpaired) electrons. The van der Waals surface area contributed by atoms with Gasteiger partial charge in [0, 0.05) is 31.4 Å². The first kappa shape index (κ1) is 10.6. The quantitative estimate of drug-likeness (QED) is 0.810. The zero-order chi connectivity index (χ0) is 11.8. The summed E-state index contributed by atoms with van der Waals surface area (Å²) in [6.07, 6.45) is 1.75. The van der Waals surface area contributed by atoms with E-state index in [1.165, 1.54) is 5.69 Å². The van der Waals surface area contributed by atoms with Gasteiger partial charge in [0.1, 0.15) is 0 Å². The molecule has 1 fully saturated rings. The first-order valence-corrected chi connectivity index (χ1v) is 6.12. The molecular formula is C13H18N4. The fourth-order valence-corrected chi connectivity index (χ4v) is 2.40. The lowest BCUT2D eigenvalue weighted by molar-refractivity contribution is 0.234. The van der Waals surface area contributed by atoms with Gasteiger partial charge in [-0.15, -0.1) is 0 Å². The highest BCUT2D eigenvalue weighted by Crippen LogP contribution is 2.22. The number of nitrogens with one attached hydrogen (secondary N) is 1. The summed E-state index contributed by atoms with van der Waals surface area (Å²) in [7, 11) is 2.19. The molecule has 0 aliphatic carbocycles. The lowest BCUT2D eigenvalue weighted by atomic mass is 10.1. The number of nitrogens with zero attached hydrogens (tertiary/aromatic N) is 3. The van der Waals surface area contributed by atoms with Gasteiger partial charge in [0.05, 0.1) is 17.4 Å². The number of likely N-dealkylation sites (N-methyl/N-ethyl adjacent to an activating group) is 1. The van der Waals surface area contributed by atoms with Gasteiger partial charge < -0.3 is 14.8 Å². The van der Waals surface area contributed by atoms with Crippen molar-refractivity contribution >= 4 is 16.7 Å². The van der Waals surface area contributed by atoms with E-state index in [-0.39, 0.29) is 0 Å². The summed E-state index contributed by atoms with van der Waals surface area (Å²) in [5.74, 6) is 0. The highest BCUT2D eigenvalue weighted by Gasteiger charge is 2.20. The van der Waals surface area contributed by atoms with Gasteiger partial charge in [0.15, 0.2) is 0 Å². The lowest BCUT2D eigenvalue weighted by Gasteiger charge is -2.39. The van der Waals surface area contributed by atoms with Gasteiger partial charge in [-0.2, -0.15) is 0 Å². The summed E-state index contributed by atoms with van der Waals surface area (Å²) < 4.78 is 0. The lowest BCUT2D eigenvalue weighted by Crippen LogP contribution is -2.50. The molecule has 1 aromatic carbocycles. The largest absolute Gasteiger partial charge is 0.369 e. The van der Waals surface area contributed by atoms with Gasteiger partial charge in [-0.25, -0.2) is 4.98 Å². The molecule has 90 valence electrons. The molecule has 1 aromatic heterocycles. The van der Waals surface area contributed by atoms with Gasteiger partial charge >= 0.3 is 0 Å². The van der Waals surface area contributed by atoms with Crippen LogP contribution in [0.25, 0.3) is 11.0 Å². The Morgan fingerprint density at radius 1 is 1.35 bits per heavy atom. The van der Waals surface area contributed by atoms with Gasteiger partial charge in [-0.1, -0.05) is 0 Å². The molecule has 1 aliphatic heterocycles. The molecule has 1 saturated heterocycles. The second-order valence-electron chi connectivity index (χ2n) is 4.88. The molecule has 2 aromatic rings. The van der Waals surface area contributed by atoms with Crippen LogP contribution in [0, 0.1) is 0 Å². The highest BCUT2D eigenvalue weighted by atomic mass is 15.3. The van der Waals surface area contributed by atoms with Crippen LogP contribution in [0.3, 0.4) is 0 Å². The first-order chi connectivity index (χ1) is 8.24. The molecule has 2 heterocycles. The number of imidazole rings is 1. The fourth-order valence-electron chi connectivity index (χ4n) is 2.40. The maximum atomic E-state index is 4.25. The summed E-state index contributed by atoms with van der Waals surface area (Å²) in [5.41, 5.74) is 3.45. The number of H-pyrrole nitrogens is 1. The van der Waals surface area contributed by atoms with E-state index >= 15 is 0 Å². The molecule has 3 rings (SSSR count). The summed E-state index contributed by atoms with van der Waals surface area (Å²) in [6.45, 7) is 5.60. The van der Waals surface area contributed by atoms with Crippen molar-refractivity contribution in [1.29, 1.82) is 0 Å². The van der Waals surface area contributed by atoms with E-state index in [0.717, 1.165) is 30.7 Å². The van der Waals surface area contributed by atoms with Crippen LogP contribution in [0.2, 0.25) is 0 Å². The minimum absolute atomic E-state index is 0.612. The number of anilines is 1. The molecule has 0 unspecified atom stereocenters. The van der Waals surface area contributed by atoms with Crippen LogP contribution in [0.1, 0.15) is 6.92 Å². The molecule has 0 bridgehead atoms. The number of hydrogen-bond donors (Lipinski definition) is 1. The number of aromatic amines is 1. The first-order valence-electron chi connectivity index (χ1n) is 6.12. The van der Waals surface area contributed by atoms with Gasteiger partial charge in [0.25, 0.3) is 0 Å². The standard InChI is InChI=1S/C13H18N4/c1-10-8-17(6-5-16(10)2)11-3-4-12-13(7-11)15-9-14-12/h3-4,7,9-10H,5-6,8H2,1-2H3,(H,14,15)/t10-/m1/s1. The maximum absolute atomic E-state index is 4.25. The summed E-state index contributed by atoms with van der Waals surface area (Å²) in [4.78, 5) is 12.3. The van der Waals surface area contributed by atoms with Crippen molar-refractivity contribution in [3.63, 3.8) is 0 Å². The van der Waals surface area contributed by atoms with Crippen molar-refractivity contribution < 1.29 is 0 Å². The zero-order valence-electron chi connectivity index (χ0n) is 10.3. The molecule has 0 amide bonds. The van der Waals surface area contributed by atoms with Crippen LogP contribution in [0.5, 0.6) is 0 Å². The molecule has 17 heavy (non-hydrogen) atoms. The number of piperazine rings is 1. The van der Waals surface area contributed by atoms with Crippen LogP contribution in [-0.4, -0.2) is 47.6 Å². The highest BCUT2D eigenvalue weighted by molar-refractivity contribution is 5.79. The van der Waals surface area contributed by atoms with E-state index in [0.29, 0.717) is 6.04 Å². The van der Waals surface area contributed by atoms with Crippen molar-refractivity contribution in [2.24, 2.45) is 0 Å². The third-order valence-corrected chi connectivity index (χ3v) is 3.73. The minimum atomic E-state index is 0.612. The Morgan fingerprint density at radius 2 is 2.24 bits per heavy atom. The average Bonchev–Trinajstić information content (AvgIpc) is 2.79. The topological polar surface area (TPSA) is 35.2 Å². The van der Waals surface area contributed by atoms with Crippen LogP contribution in [-0.2, 0) is 0 Å². The molecule has 1 N–H and O–H groups in total. The number of hydrogen-bond acceptors (Lipinski definition) is 3. The molecule has 4 nitrogen and oxygen atoms in total. The van der Waals surface area contributed by atoms with Crippen molar-refractivity contribution in [3.8, 4) is 0 Å². The normalized spacial score (nSPS) is 22.2. The Kier molecular flexibility index (Phi) is 2.52. The van der Waals surface area contributed by atoms with E-state index in [4.69, 9.17) is 0 Å². The van der Waals surface area contributed by atoms with E-state index in [1.54, 1.807) is 6.33 Å². The van der Waals surface area contributed by atoms with E-state index in [2.05, 4.69) is 51.9 Å². The van der Waals surface area contributed by atoms with Crippen molar-refractivity contribution in [1.82, 2.24) is 14.9 Å². The molecule has 0 spiro atoms. The van der Waals surface area contributed by atoms with Crippen LogP contribution >= 0.6 is 0 Å². The van der Waals surface area contributed by atoms with Crippen molar-refractivity contribution in [3.05, 3.63) is 24.5 Å². The van der Waals surface area contributed by atoms with Crippen LogP contribution in [0.15, 0.2) is 24.5 Å². The van der Waals surface area contributed by atoms with Crippen LogP contribution < -0.4 is 4.90 Å². The minimum Gasteiger partial charge on any atom is -0.369 e. The average molecular weight is 230 g/mol. The molecule has 1 atom stereocenters. The van der Waals surface area contributed by atoms with E-state index < -0.39 is 0 Å². The third-order valence-electron chi connectivity index (χ3n) is 3.73. The fraction of sp³-hybridized carbons (Fsp3) is 0.462. The van der Waals surface area contributed by atoms with Crippen molar-refractivity contribution in [2.45, 2.75) is 13.0 Å². The van der Waals surface area contributed by atoms with E-state index in [1.807, 2.05) is 0 Å². The Labute approximate surface area is 101 Å². The maximum Gasteiger partial charge on any atom is 0.0931 e. The zero-order valence-corrected chi connectivity index (χ0v) is 10.3. The van der Waals surface area contributed by atoms with Gasteiger partial charge in [-0.05, 0) is 32.2 Å². The van der Waals surface area contributed by atoms with Crippen molar-refractivity contribution in [2.75, 3.05) is 31.6 Å². The molecule has 0 saturated carbocycles. The van der Waals surface area contributed by atoms with Gasteiger partial charge in [-0.3, -0.25) is 0 Å². The second-order valence-corrected chi connectivity index (χ2v) is 4.88. The summed E-state index contributed by atoms with van der Waals surface area (Å²) in [5, 5.41) is 0. The molecule has 4 heteroatoms. The van der Waals surface area contributed by atoms with Gasteiger partial charge in [0.2, 0.25) is 0 Å².